The van der Waals surface area contributed by atoms with Crippen LogP contribution in [0, 0.1) is 0 Å². The number of hydrogen-bond donors (Lipinski definition) is 0. The summed E-state index contributed by atoms with van der Waals surface area (Å²) in [4.78, 5) is 2.37. The van der Waals surface area contributed by atoms with Gasteiger partial charge in [-0.15, -0.1) is 0 Å². The van der Waals surface area contributed by atoms with Gasteiger partial charge in [-0.1, -0.05) is 200 Å². The van der Waals surface area contributed by atoms with E-state index in [2.05, 4.69) is 276 Å². The molecule has 0 spiro atoms. The van der Waals surface area contributed by atoms with Gasteiger partial charge in [0.25, 0.3) is 0 Å². The smallest absolute Gasteiger partial charge is 0.0541 e. The van der Waals surface area contributed by atoms with E-state index in [0.717, 1.165) is 17.1 Å². The van der Waals surface area contributed by atoms with Crippen LogP contribution >= 0.6 is 0 Å². The molecule has 1 aromatic heterocycles. The summed E-state index contributed by atoms with van der Waals surface area (Å²) in [5.41, 5.74) is 18.7. The summed E-state index contributed by atoms with van der Waals surface area (Å²) in [5.74, 6) is 0. The maximum atomic E-state index is 2.41. The van der Waals surface area contributed by atoms with Gasteiger partial charge in [-0.05, 0) is 128 Å². The minimum Gasteiger partial charge on any atom is -0.310 e. The van der Waals surface area contributed by atoms with Crippen molar-refractivity contribution < 1.29 is 0 Å². The zero-order valence-corrected chi connectivity index (χ0v) is 36.3. The molecule has 11 aromatic carbocycles. The van der Waals surface area contributed by atoms with Crippen LogP contribution in [-0.2, 0) is 0 Å². The largest absolute Gasteiger partial charge is 0.310 e. The van der Waals surface area contributed by atoms with Crippen molar-refractivity contribution in [2.45, 2.75) is 0 Å². The molecule has 0 radical (unpaired) electrons. The number of rotatable bonds is 9. The van der Waals surface area contributed by atoms with Gasteiger partial charge in [0.15, 0.2) is 0 Å². The van der Waals surface area contributed by atoms with Crippen LogP contribution < -0.4 is 4.90 Å². The summed E-state index contributed by atoms with van der Waals surface area (Å²) in [7, 11) is 0. The Morgan fingerprint density at radius 1 is 0.242 bits per heavy atom. The van der Waals surface area contributed by atoms with Crippen molar-refractivity contribution >= 4 is 49.6 Å². The molecule has 0 atom stereocenters. The van der Waals surface area contributed by atoms with Gasteiger partial charge in [0, 0.05) is 33.4 Å². The van der Waals surface area contributed by atoms with Crippen LogP contribution in [0.1, 0.15) is 0 Å². The molecule has 0 N–H and O–H groups in total. The van der Waals surface area contributed by atoms with Crippen molar-refractivity contribution in [1.29, 1.82) is 0 Å². The lowest BCUT2D eigenvalue weighted by Crippen LogP contribution is -2.10. The van der Waals surface area contributed by atoms with E-state index < -0.39 is 0 Å². The highest BCUT2D eigenvalue weighted by Crippen LogP contribution is 2.40. The zero-order chi connectivity index (χ0) is 43.8. The van der Waals surface area contributed by atoms with Crippen LogP contribution in [0.5, 0.6) is 0 Å². The predicted molar refractivity (Wildman–Crippen MR) is 280 cm³/mol. The molecule has 2 nitrogen and oxygen atoms in total. The van der Waals surface area contributed by atoms with Crippen molar-refractivity contribution in [3.05, 3.63) is 267 Å². The molecule has 0 saturated carbocycles. The molecule has 1 heterocycles. The van der Waals surface area contributed by atoms with Gasteiger partial charge in [-0.25, -0.2) is 0 Å². The van der Waals surface area contributed by atoms with E-state index >= 15 is 0 Å². The fraction of sp³-hybridized carbons (Fsp3) is 0. The second kappa shape index (κ2) is 16.8. The Bertz CT molecular complexity index is 3620. The molecule has 0 saturated heterocycles. The summed E-state index contributed by atoms with van der Waals surface area (Å²) >= 11 is 0. The lowest BCUT2D eigenvalue weighted by Gasteiger charge is -2.26. The van der Waals surface area contributed by atoms with E-state index in [1.165, 1.54) is 93.9 Å². The zero-order valence-electron chi connectivity index (χ0n) is 36.3. The number of hydrogen-bond acceptors (Lipinski definition) is 1. The number of aromatic nitrogens is 1. The molecule has 2 heteroatoms. The van der Waals surface area contributed by atoms with Crippen LogP contribution in [0.2, 0.25) is 0 Å². The average molecular weight is 841 g/mol. The highest BCUT2D eigenvalue weighted by Gasteiger charge is 2.17. The van der Waals surface area contributed by atoms with E-state index in [4.69, 9.17) is 0 Å². The number of benzene rings is 11. The van der Waals surface area contributed by atoms with Crippen LogP contribution in [0.25, 0.3) is 93.9 Å². The van der Waals surface area contributed by atoms with E-state index in [0.29, 0.717) is 0 Å². The normalized spacial score (nSPS) is 11.3. The van der Waals surface area contributed by atoms with Gasteiger partial charge in [-0.2, -0.15) is 0 Å². The predicted octanol–water partition coefficient (Wildman–Crippen LogP) is 17.7. The summed E-state index contributed by atoms with van der Waals surface area (Å²) in [6, 6.07) is 96.8. The number of fused-ring (bicyclic) bond motifs is 4. The standard InChI is InChI=1S/C64H44N2/c1-2-14-45(15-3-1)52-18-12-19-53(42-52)54-20-13-21-58(44-54)65(57-40-36-49(37-41-57)55-33-30-46-16-4-5-17-51(46)43-55)56-38-34-48(35-39-56)47-28-31-50(32-29-47)59-22-6-9-25-62(59)66-63-26-10-7-23-60(63)61-24-8-11-27-64(61)66/h1-44H. The fourth-order valence-electron chi connectivity index (χ4n) is 9.69. The Hall–Kier alpha value is -8.72. The Morgan fingerprint density at radius 2 is 0.682 bits per heavy atom. The molecule has 310 valence electrons. The second-order valence-electron chi connectivity index (χ2n) is 17.0. The van der Waals surface area contributed by atoms with Gasteiger partial charge in [0.1, 0.15) is 0 Å². The first-order valence-corrected chi connectivity index (χ1v) is 22.7. The fourth-order valence-corrected chi connectivity index (χ4v) is 9.69. The van der Waals surface area contributed by atoms with Crippen molar-refractivity contribution in [3.8, 4) is 61.3 Å². The maximum absolute atomic E-state index is 2.41. The summed E-state index contributed by atoms with van der Waals surface area (Å²) in [6.45, 7) is 0. The molecule has 0 amide bonds. The van der Waals surface area contributed by atoms with Gasteiger partial charge in [-0.3, -0.25) is 0 Å². The van der Waals surface area contributed by atoms with Gasteiger partial charge < -0.3 is 9.47 Å². The molecule has 12 rings (SSSR count). The molecule has 0 aliphatic rings. The molecule has 66 heavy (non-hydrogen) atoms. The van der Waals surface area contributed by atoms with E-state index in [1.807, 2.05) is 0 Å². The first kappa shape index (κ1) is 38.9. The van der Waals surface area contributed by atoms with E-state index in [1.54, 1.807) is 0 Å². The maximum Gasteiger partial charge on any atom is 0.0541 e. The van der Waals surface area contributed by atoms with E-state index in [-0.39, 0.29) is 0 Å². The van der Waals surface area contributed by atoms with Crippen molar-refractivity contribution in [1.82, 2.24) is 4.57 Å². The van der Waals surface area contributed by atoms with Crippen LogP contribution in [-0.4, -0.2) is 4.57 Å². The van der Waals surface area contributed by atoms with Gasteiger partial charge >= 0.3 is 0 Å². The SMILES string of the molecule is c1ccc(-c2cccc(-c3cccc(N(c4ccc(-c5ccc(-c6ccccc6-n6c7ccccc7c7ccccc76)cc5)cc4)c4ccc(-c5ccc6ccccc6c5)cc4)c3)c2)cc1. The Balaban J connectivity index is 0.891. The molecule has 0 aliphatic heterocycles. The lowest BCUT2D eigenvalue weighted by atomic mass is 9.98. The first-order chi connectivity index (χ1) is 32.7. The summed E-state index contributed by atoms with van der Waals surface area (Å²) in [6.07, 6.45) is 0. The average Bonchev–Trinajstić information content (AvgIpc) is 3.74. The van der Waals surface area contributed by atoms with Crippen molar-refractivity contribution in [2.24, 2.45) is 0 Å². The summed E-state index contributed by atoms with van der Waals surface area (Å²) in [5, 5.41) is 5.02. The second-order valence-corrected chi connectivity index (χ2v) is 17.0. The minimum absolute atomic E-state index is 1.09. The van der Waals surface area contributed by atoms with Crippen LogP contribution in [0.3, 0.4) is 0 Å². The third-order valence-corrected chi connectivity index (χ3v) is 13.0. The number of nitrogens with zero attached hydrogens (tertiary/aromatic N) is 2. The number of anilines is 3. The van der Waals surface area contributed by atoms with Crippen LogP contribution in [0.4, 0.5) is 17.1 Å². The van der Waals surface area contributed by atoms with Crippen molar-refractivity contribution in [2.75, 3.05) is 4.90 Å². The Kier molecular flexibility index (Phi) is 9.89. The minimum atomic E-state index is 1.09. The van der Waals surface area contributed by atoms with E-state index in [9.17, 15) is 0 Å². The highest BCUT2D eigenvalue weighted by molar-refractivity contribution is 6.09. The molecule has 0 fully saturated rings. The van der Waals surface area contributed by atoms with Crippen LogP contribution in [0.15, 0.2) is 267 Å². The Labute approximate surface area is 385 Å². The molecule has 12 aromatic rings. The third-order valence-electron chi connectivity index (χ3n) is 13.0. The first-order valence-electron chi connectivity index (χ1n) is 22.7. The summed E-state index contributed by atoms with van der Waals surface area (Å²) < 4.78 is 2.41. The monoisotopic (exact) mass is 840 g/mol. The quantitative estimate of drug-likeness (QED) is 0.141. The Morgan fingerprint density at radius 3 is 1.36 bits per heavy atom. The number of para-hydroxylation sites is 3. The van der Waals surface area contributed by atoms with Gasteiger partial charge in [0.2, 0.25) is 0 Å². The third kappa shape index (κ3) is 7.21. The molecular weight excluding hydrogens is 797 g/mol. The topological polar surface area (TPSA) is 8.17 Å². The molecule has 0 aliphatic carbocycles. The molecule has 0 unspecified atom stereocenters. The molecule has 0 bridgehead atoms. The molecular formula is C64H44N2. The van der Waals surface area contributed by atoms with Crippen molar-refractivity contribution in [3.63, 3.8) is 0 Å². The van der Waals surface area contributed by atoms with Gasteiger partial charge in [0.05, 0.1) is 16.7 Å². The lowest BCUT2D eigenvalue weighted by molar-refractivity contribution is 1.18. The highest BCUT2D eigenvalue weighted by atomic mass is 15.1.